The van der Waals surface area contributed by atoms with E-state index < -0.39 is 0 Å². The van der Waals surface area contributed by atoms with Crippen molar-refractivity contribution >= 4 is 28.5 Å². The van der Waals surface area contributed by atoms with Gasteiger partial charge < -0.3 is 10.1 Å². The first-order chi connectivity index (χ1) is 8.34. The zero-order valence-corrected chi connectivity index (χ0v) is 11.9. The monoisotopic (exact) mass is 348 g/mol. The van der Waals surface area contributed by atoms with Crippen molar-refractivity contribution in [1.29, 1.82) is 0 Å². The molecule has 0 aliphatic carbocycles. The van der Waals surface area contributed by atoms with E-state index in [9.17, 15) is 0 Å². The number of hydrogen-bond acceptors (Lipinski definition) is 5. The Kier molecular flexibility index (Phi) is 5.40. The van der Waals surface area contributed by atoms with Crippen molar-refractivity contribution in [1.82, 2.24) is 14.9 Å². The number of rotatable bonds is 5. The van der Waals surface area contributed by atoms with Gasteiger partial charge in [-0.25, -0.2) is 9.97 Å². The van der Waals surface area contributed by atoms with Crippen LogP contribution in [0.25, 0.3) is 0 Å². The summed E-state index contributed by atoms with van der Waals surface area (Å²) in [4.78, 5) is 10.8. The van der Waals surface area contributed by atoms with E-state index in [0.717, 1.165) is 49.4 Å². The maximum atomic E-state index is 5.31. The van der Waals surface area contributed by atoms with E-state index in [1.807, 2.05) is 12.4 Å². The van der Waals surface area contributed by atoms with Crippen molar-refractivity contribution in [3.8, 4) is 0 Å². The van der Waals surface area contributed by atoms with Gasteiger partial charge in [0.2, 0.25) is 5.95 Å². The molecule has 17 heavy (non-hydrogen) atoms. The molecule has 1 saturated heterocycles. The van der Waals surface area contributed by atoms with Crippen LogP contribution in [0.5, 0.6) is 0 Å². The zero-order valence-electron chi connectivity index (χ0n) is 9.73. The van der Waals surface area contributed by atoms with Gasteiger partial charge in [0.05, 0.1) is 13.2 Å². The minimum atomic E-state index is 0.715. The molecule has 2 rings (SSSR count). The van der Waals surface area contributed by atoms with E-state index in [0.29, 0.717) is 5.95 Å². The van der Waals surface area contributed by atoms with Crippen molar-refractivity contribution < 1.29 is 4.74 Å². The summed E-state index contributed by atoms with van der Waals surface area (Å²) in [6, 6.07) is 0. The van der Waals surface area contributed by atoms with Crippen LogP contribution in [-0.2, 0) is 4.74 Å². The second kappa shape index (κ2) is 7.07. The molecule has 1 aromatic rings. The van der Waals surface area contributed by atoms with Gasteiger partial charge in [0.25, 0.3) is 0 Å². The molecular weight excluding hydrogens is 331 g/mol. The molecule has 1 aliphatic rings. The van der Waals surface area contributed by atoms with Crippen molar-refractivity contribution in [2.45, 2.75) is 6.42 Å². The number of anilines is 1. The largest absolute Gasteiger partial charge is 0.379 e. The Balaban J connectivity index is 1.60. The van der Waals surface area contributed by atoms with E-state index in [-0.39, 0.29) is 0 Å². The molecule has 0 bridgehead atoms. The number of hydrogen-bond donors (Lipinski definition) is 1. The number of aromatic nitrogens is 2. The Morgan fingerprint density at radius 2 is 2.00 bits per heavy atom. The van der Waals surface area contributed by atoms with E-state index >= 15 is 0 Å². The first kappa shape index (κ1) is 13.0. The predicted octanol–water partition coefficient (Wildman–Crippen LogP) is 1.22. The molecule has 5 nitrogen and oxygen atoms in total. The number of nitrogens with one attached hydrogen (secondary N) is 1. The summed E-state index contributed by atoms with van der Waals surface area (Å²) in [5, 5.41) is 3.23. The molecule has 6 heteroatoms. The Labute approximate surface area is 115 Å². The molecule has 1 N–H and O–H groups in total. The Morgan fingerprint density at radius 3 is 2.71 bits per heavy atom. The third-order valence-corrected chi connectivity index (χ3v) is 3.22. The Hall–Kier alpha value is -0.470. The summed E-state index contributed by atoms with van der Waals surface area (Å²) in [7, 11) is 0. The van der Waals surface area contributed by atoms with E-state index in [1.165, 1.54) is 0 Å². The van der Waals surface area contributed by atoms with Crippen molar-refractivity contribution in [2.24, 2.45) is 0 Å². The molecule has 2 heterocycles. The highest BCUT2D eigenvalue weighted by atomic mass is 127. The Morgan fingerprint density at radius 1 is 1.29 bits per heavy atom. The van der Waals surface area contributed by atoms with Gasteiger partial charge in [-0.15, -0.1) is 0 Å². The molecule has 1 fully saturated rings. The molecule has 0 spiro atoms. The van der Waals surface area contributed by atoms with Crippen molar-refractivity contribution in [3.63, 3.8) is 0 Å². The standard InChI is InChI=1S/C11H17IN4O/c12-10-8-14-11(15-9-10)13-2-1-3-16-4-6-17-7-5-16/h8-9H,1-7H2,(H,13,14,15). The average Bonchev–Trinajstić information content (AvgIpc) is 2.38. The quantitative estimate of drug-likeness (QED) is 0.641. The SMILES string of the molecule is Ic1cnc(NCCCN2CCOCC2)nc1. The third kappa shape index (κ3) is 4.72. The van der Waals surface area contributed by atoms with Crippen LogP contribution in [0.15, 0.2) is 12.4 Å². The fourth-order valence-corrected chi connectivity index (χ4v) is 2.01. The second-order valence-corrected chi connectivity index (χ2v) is 5.20. The van der Waals surface area contributed by atoms with Crippen LogP contribution in [0.2, 0.25) is 0 Å². The van der Waals surface area contributed by atoms with Crippen LogP contribution in [0.4, 0.5) is 5.95 Å². The summed E-state index contributed by atoms with van der Waals surface area (Å²) >= 11 is 2.20. The van der Waals surface area contributed by atoms with Crippen LogP contribution in [0, 0.1) is 3.57 Å². The number of nitrogens with zero attached hydrogens (tertiary/aromatic N) is 3. The summed E-state index contributed by atoms with van der Waals surface area (Å²) in [6.07, 6.45) is 4.74. The van der Waals surface area contributed by atoms with E-state index in [2.05, 4.69) is 42.8 Å². The normalized spacial score (nSPS) is 17.0. The minimum absolute atomic E-state index is 0.715. The molecule has 0 atom stereocenters. The number of halogens is 1. The second-order valence-electron chi connectivity index (χ2n) is 3.96. The number of morpholine rings is 1. The molecule has 0 saturated carbocycles. The van der Waals surface area contributed by atoms with Gasteiger partial charge in [-0.3, -0.25) is 4.90 Å². The lowest BCUT2D eigenvalue weighted by atomic mass is 10.3. The summed E-state index contributed by atoms with van der Waals surface area (Å²) in [5.74, 6) is 0.715. The van der Waals surface area contributed by atoms with Gasteiger partial charge in [0.1, 0.15) is 0 Å². The number of ether oxygens (including phenoxy) is 1. The van der Waals surface area contributed by atoms with Gasteiger partial charge in [-0.2, -0.15) is 0 Å². The molecule has 1 aliphatic heterocycles. The van der Waals surface area contributed by atoms with Crippen LogP contribution in [0.1, 0.15) is 6.42 Å². The molecular formula is C11H17IN4O. The highest BCUT2D eigenvalue weighted by Crippen LogP contribution is 2.03. The topological polar surface area (TPSA) is 50.3 Å². The summed E-state index contributed by atoms with van der Waals surface area (Å²) < 4.78 is 6.37. The lowest BCUT2D eigenvalue weighted by Gasteiger charge is -2.26. The molecule has 94 valence electrons. The molecule has 1 aromatic heterocycles. The van der Waals surface area contributed by atoms with Crippen LogP contribution in [-0.4, -0.2) is 54.3 Å². The maximum Gasteiger partial charge on any atom is 0.222 e. The lowest BCUT2D eigenvalue weighted by molar-refractivity contribution is 0.0378. The zero-order chi connectivity index (χ0) is 11.9. The fraction of sp³-hybridized carbons (Fsp3) is 0.636. The minimum Gasteiger partial charge on any atom is -0.379 e. The van der Waals surface area contributed by atoms with Gasteiger partial charge in [0, 0.05) is 35.6 Å². The molecule has 0 aromatic carbocycles. The average molecular weight is 348 g/mol. The predicted molar refractivity (Wildman–Crippen MR) is 75.1 cm³/mol. The Bertz CT molecular complexity index is 327. The van der Waals surface area contributed by atoms with Crippen LogP contribution in [0.3, 0.4) is 0 Å². The molecule has 0 amide bonds. The third-order valence-electron chi connectivity index (χ3n) is 2.66. The first-order valence-electron chi connectivity index (χ1n) is 5.86. The van der Waals surface area contributed by atoms with E-state index in [4.69, 9.17) is 4.74 Å². The smallest absolute Gasteiger partial charge is 0.222 e. The summed E-state index contributed by atoms with van der Waals surface area (Å²) in [6.45, 7) is 5.88. The summed E-state index contributed by atoms with van der Waals surface area (Å²) in [5.41, 5.74) is 0. The fourth-order valence-electron chi connectivity index (χ4n) is 1.73. The first-order valence-corrected chi connectivity index (χ1v) is 6.94. The van der Waals surface area contributed by atoms with Crippen LogP contribution >= 0.6 is 22.6 Å². The maximum absolute atomic E-state index is 5.31. The van der Waals surface area contributed by atoms with Crippen LogP contribution < -0.4 is 5.32 Å². The lowest BCUT2D eigenvalue weighted by Crippen LogP contribution is -2.37. The van der Waals surface area contributed by atoms with Crippen molar-refractivity contribution in [3.05, 3.63) is 16.0 Å². The van der Waals surface area contributed by atoms with Gasteiger partial charge in [-0.05, 0) is 35.6 Å². The van der Waals surface area contributed by atoms with E-state index in [1.54, 1.807) is 0 Å². The molecule has 0 radical (unpaired) electrons. The van der Waals surface area contributed by atoms with Crippen molar-refractivity contribution in [2.75, 3.05) is 44.7 Å². The highest BCUT2D eigenvalue weighted by molar-refractivity contribution is 14.1. The van der Waals surface area contributed by atoms with Gasteiger partial charge >= 0.3 is 0 Å². The molecule has 0 unspecified atom stereocenters. The highest BCUT2D eigenvalue weighted by Gasteiger charge is 2.08. The van der Waals surface area contributed by atoms with Gasteiger partial charge in [0.15, 0.2) is 0 Å². The van der Waals surface area contributed by atoms with Gasteiger partial charge in [-0.1, -0.05) is 0 Å².